The molecule has 0 aliphatic carbocycles. The van der Waals surface area contributed by atoms with E-state index in [1.807, 2.05) is 21.1 Å². The summed E-state index contributed by atoms with van der Waals surface area (Å²) in [6.07, 6.45) is 46.9. The number of hydrogen-bond donors (Lipinski definition) is 1. The minimum absolute atomic E-state index is 0.0447. The molecule has 0 spiro atoms. The Hall–Kier alpha value is -1.93. The van der Waals surface area contributed by atoms with Gasteiger partial charge in [-0.1, -0.05) is 199 Å². The number of unbranched alkanes of at least 4 members (excludes halogenated alkanes) is 30. The van der Waals surface area contributed by atoms with Gasteiger partial charge in [-0.05, 0) is 38.5 Å². The van der Waals surface area contributed by atoms with Gasteiger partial charge in [-0.2, -0.15) is 0 Å². The molecule has 0 amide bonds. The molecule has 0 aromatic heterocycles. The van der Waals surface area contributed by atoms with Crippen molar-refractivity contribution in [2.24, 2.45) is 0 Å². The Balaban J connectivity index is 4.16. The maximum Gasteiger partial charge on any atom is 0.362 e. The average Bonchev–Trinajstić information content (AvgIpc) is 3.19. The summed E-state index contributed by atoms with van der Waals surface area (Å²) in [6.45, 7) is 4.77. The van der Waals surface area contributed by atoms with Gasteiger partial charge < -0.3 is 23.8 Å². The molecule has 348 valence electrons. The molecule has 2 atom stereocenters. The van der Waals surface area contributed by atoms with E-state index in [0.717, 1.165) is 38.5 Å². The number of hydrogen-bond acceptors (Lipinski definition) is 6. The maximum atomic E-state index is 12.8. The Labute approximate surface area is 365 Å². The summed E-state index contributed by atoms with van der Waals surface area (Å²) in [4.78, 5) is 37.1. The molecule has 8 heteroatoms. The molecular weight excluding hydrogens is 739 g/mol. The van der Waals surface area contributed by atoms with E-state index < -0.39 is 18.1 Å². The number of carbonyl (C=O) groups excluding carboxylic acids is 2. The van der Waals surface area contributed by atoms with E-state index in [9.17, 15) is 19.5 Å². The third-order valence-electron chi connectivity index (χ3n) is 11.7. The second kappa shape index (κ2) is 42.7. The van der Waals surface area contributed by atoms with Gasteiger partial charge in [0.05, 0.1) is 34.4 Å². The molecule has 0 bridgehead atoms. The fourth-order valence-electron chi connectivity index (χ4n) is 7.74. The van der Waals surface area contributed by atoms with E-state index in [1.165, 1.54) is 173 Å². The molecule has 0 radical (unpaired) electrons. The van der Waals surface area contributed by atoms with Gasteiger partial charge in [0, 0.05) is 19.3 Å². The smallest absolute Gasteiger partial charge is 0.362 e. The van der Waals surface area contributed by atoms with Crippen molar-refractivity contribution in [1.29, 1.82) is 0 Å². The monoisotopic (exact) mass is 837 g/mol. The lowest BCUT2D eigenvalue weighted by molar-refractivity contribution is -0.887. The van der Waals surface area contributed by atoms with Crippen LogP contribution in [0.15, 0.2) is 12.2 Å². The van der Waals surface area contributed by atoms with Crippen LogP contribution in [0.1, 0.15) is 245 Å². The van der Waals surface area contributed by atoms with Crippen LogP contribution in [0.3, 0.4) is 0 Å². The molecule has 0 saturated carbocycles. The molecule has 0 fully saturated rings. The maximum absolute atomic E-state index is 12.8. The zero-order valence-electron chi connectivity index (χ0n) is 39.7. The normalized spacial score (nSPS) is 12.9. The topological polar surface area (TPSA) is 99.1 Å². The summed E-state index contributed by atoms with van der Waals surface area (Å²) in [7, 11) is 5.54. The van der Waals surface area contributed by atoms with E-state index in [-0.39, 0.29) is 36.2 Å². The van der Waals surface area contributed by atoms with E-state index in [0.29, 0.717) is 19.3 Å². The van der Waals surface area contributed by atoms with Crippen LogP contribution in [0, 0.1) is 0 Å². The molecule has 0 heterocycles. The first-order valence-corrected chi connectivity index (χ1v) is 25.2. The van der Waals surface area contributed by atoms with Gasteiger partial charge >= 0.3 is 17.9 Å². The van der Waals surface area contributed by atoms with Gasteiger partial charge in [0.1, 0.15) is 6.61 Å². The number of esters is 2. The van der Waals surface area contributed by atoms with Crippen molar-refractivity contribution < 1.29 is 38.2 Å². The summed E-state index contributed by atoms with van der Waals surface area (Å²) in [5.41, 5.74) is 0. The van der Waals surface area contributed by atoms with Crippen LogP contribution < -0.4 is 0 Å². The fourth-order valence-corrected chi connectivity index (χ4v) is 7.74. The quantitative estimate of drug-likeness (QED) is 0.0282. The SMILES string of the molecule is CCCCCCCCCC/C=C\CCCCCCCCCCCCCC(=O)OC(COCCC(C(=O)O)[N+](C)(C)C)COC(=O)CCCCCCCCCCCCCC. The van der Waals surface area contributed by atoms with E-state index >= 15 is 0 Å². The molecule has 59 heavy (non-hydrogen) atoms. The zero-order chi connectivity index (χ0) is 43.5. The number of quaternary nitrogens is 1. The number of carboxylic acid groups (broad SMARTS) is 1. The van der Waals surface area contributed by atoms with Crippen LogP contribution in [-0.4, -0.2) is 80.6 Å². The number of carboxylic acids is 1. The molecule has 1 N–H and O–H groups in total. The highest BCUT2D eigenvalue weighted by molar-refractivity contribution is 5.72. The Bertz CT molecular complexity index is 978. The second-order valence-corrected chi connectivity index (χ2v) is 18.4. The largest absolute Gasteiger partial charge is 0.477 e. The van der Waals surface area contributed by atoms with Crippen LogP contribution in [0.25, 0.3) is 0 Å². The number of carbonyl (C=O) groups is 3. The molecule has 0 aliphatic rings. The van der Waals surface area contributed by atoms with Gasteiger partial charge in [0.2, 0.25) is 0 Å². The summed E-state index contributed by atoms with van der Waals surface area (Å²) >= 11 is 0. The first-order valence-electron chi connectivity index (χ1n) is 25.2. The third-order valence-corrected chi connectivity index (χ3v) is 11.7. The minimum atomic E-state index is -0.871. The highest BCUT2D eigenvalue weighted by Crippen LogP contribution is 2.16. The van der Waals surface area contributed by atoms with Gasteiger partial charge in [-0.3, -0.25) is 9.59 Å². The predicted molar refractivity (Wildman–Crippen MR) is 248 cm³/mol. The number of allylic oxidation sites excluding steroid dienone is 2. The van der Waals surface area contributed by atoms with Crippen LogP contribution in [-0.2, 0) is 28.6 Å². The fraction of sp³-hybridized carbons (Fsp3) is 0.902. The standard InChI is InChI=1S/C51H97NO7/c1-6-8-10-12-14-16-18-20-21-22-23-24-25-26-27-28-29-30-32-34-36-38-40-42-50(54)59-47(45-57-44-43-48(51(55)56)52(3,4)5)46-58-49(53)41-39-37-35-33-31-19-17-15-13-11-9-7-2/h22-23,47-48H,6-21,24-46H2,1-5H3/p+1/b23-22-. The van der Waals surface area contributed by atoms with Gasteiger partial charge in [0.25, 0.3) is 0 Å². The van der Waals surface area contributed by atoms with Crippen molar-refractivity contribution in [2.45, 2.75) is 257 Å². The predicted octanol–water partition coefficient (Wildman–Crippen LogP) is 14.3. The summed E-state index contributed by atoms with van der Waals surface area (Å²) in [6, 6.07) is -0.610. The van der Waals surface area contributed by atoms with Crippen molar-refractivity contribution in [3.8, 4) is 0 Å². The van der Waals surface area contributed by atoms with E-state index in [2.05, 4.69) is 26.0 Å². The van der Waals surface area contributed by atoms with Crippen molar-refractivity contribution >= 4 is 17.9 Å². The van der Waals surface area contributed by atoms with Crippen molar-refractivity contribution in [3.05, 3.63) is 12.2 Å². The molecule has 0 saturated heterocycles. The molecule has 0 aliphatic heterocycles. The van der Waals surface area contributed by atoms with Gasteiger partial charge in [-0.15, -0.1) is 0 Å². The van der Waals surface area contributed by atoms with Crippen molar-refractivity contribution in [3.63, 3.8) is 0 Å². The van der Waals surface area contributed by atoms with Crippen LogP contribution >= 0.6 is 0 Å². The lowest BCUT2D eigenvalue weighted by Gasteiger charge is -2.31. The van der Waals surface area contributed by atoms with Gasteiger partial charge in [0.15, 0.2) is 12.1 Å². The number of ether oxygens (including phenoxy) is 3. The molecular formula is C51H98NO7+. The molecule has 0 rings (SSSR count). The van der Waals surface area contributed by atoms with E-state index in [1.54, 1.807) is 0 Å². The summed E-state index contributed by atoms with van der Waals surface area (Å²) in [5, 5.41) is 9.64. The minimum Gasteiger partial charge on any atom is -0.477 e. The van der Waals surface area contributed by atoms with Crippen molar-refractivity contribution in [2.75, 3.05) is 41.0 Å². The molecule has 8 nitrogen and oxygen atoms in total. The number of likely N-dealkylation sites (N-methyl/N-ethyl adjacent to an activating group) is 1. The summed E-state index contributed by atoms with van der Waals surface area (Å²) in [5.74, 6) is -1.45. The zero-order valence-corrected chi connectivity index (χ0v) is 39.7. The Morgan fingerprint density at radius 3 is 1.22 bits per heavy atom. The highest BCUT2D eigenvalue weighted by atomic mass is 16.6. The third kappa shape index (κ3) is 41.2. The average molecular weight is 837 g/mol. The Morgan fingerprint density at radius 1 is 0.492 bits per heavy atom. The molecule has 0 aromatic rings. The van der Waals surface area contributed by atoms with Gasteiger partial charge in [-0.25, -0.2) is 4.79 Å². The Kier molecular flexibility index (Phi) is 41.3. The lowest BCUT2D eigenvalue weighted by atomic mass is 10.0. The summed E-state index contributed by atoms with van der Waals surface area (Å²) < 4.78 is 17.3. The highest BCUT2D eigenvalue weighted by Gasteiger charge is 2.31. The lowest BCUT2D eigenvalue weighted by Crippen LogP contribution is -2.50. The number of aliphatic carboxylic acids is 1. The molecule has 0 aromatic carbocycles. The van der Waals surface area contributed by atoms with Crippen LogP contribution in [0.4, 0.5) is 0 Å². The van der Waals surface area contributed by atoms with Crippen molar-refractivity contribution in [1.82, 2.24) is 0 Å². The first-order chi connectivity index (χ1) is 28.6. The number of rotatable bonds is 46. The molecule has 2 unspecified atom stereocenters. The second-order valence-electron chi connectivity index (χ2n) is 18.4. The number of nitrogens with zero attached hydrogens (tertiary/aromatic N) is 1. The van der Waals surface area contributed by atoms with E-state index in [4.69, 9.17) is 14.2 Å². The first kappa shape index (κ1) is 57.1. The van der Waals surface area contributed by atoms with Crippen LogP contribution in [0.2, 0.25) is 0 Å². The Morgan fingerprint density at radius 2 is 0.847 bits per heavy atom. The van der Waals surface area contributed by atoms with Crippen LogP contribution in [0.5, 0.6) is 0 Å².